The number of nitrogens with two attached hydrogens (primary N) is 1. The average Bonchev–Trinajstić information content (AvgIpc) is 2.51. The van der Waals surface area contributed by atoms with Gasteiger partial charge in [-0.3, -0.25) is 9.59 Å². The first-order chi connectivity index (χ1) is 10.8. The van der Waals surface area contributed by atoms with E-state index in [1.54, 1.807) is 6.92 Å². The lowest BCUT2D eigenvalue weighted by molar-refractivity contribution is -0.127. The van der Waals surface area contributed by atoms with E-state index in [4.69, 9.17) is 10.5 Å². The molecule has 0 aromatic heterocycles. The van der Waals surface area contributed by atoms with E-state index in [1.165, 1.54) is 24.3 Å². The molecule has 0 saturated heterocycles. The molecule has 2 atom stereocenters. The average molecular weight is 325 g/mol. The summed E-state index contributed by atoms with van der Waals surface area (Å²) in [6.45, 7) is 5.57. The van der Waals surface area contributed by atoms with Crippen LogP contribution in [0.4, 0.5) is 4.39 Å². The number of hydrogen-bond acceptors (Lipinski definition) is 4. The van der Waals surface area contributed by atoms with Crippen molar-refractivity contribution in [2.45, 2.75) is 32.9 Å². The molecule has 0 fully saturated rings. The summed E-state index contributed by atoms with van der Waals surface area (Å²) in [5.41, 5.74) is 5.67. The van der Waals surface area contributed by atoms with Gasteiger partial charge in [0.1, 0.15) is 17.7 Å². The number of hydrogen-bond donors (Lipinski definition) is 3. The summed E-state index contributed by atoms with van der Waals surface area (Å²) in [5.74, 6) is -0.505. The molecule has 23 heavy (non-hydrogen) atoms. The van der Waals surface area contributed by atoms with Crippen molar-refractivity contribution in [1.82, 2.24) is 10.6 Å². The lowest BCUT2D eigenvalue weighted by Gasteiger charge is -2.17. The second-order valence-corrected chi connectivity index (χ2v) is 5.67. The number of amides is 2. The van der Waals surface area contributed by atoms with Crippen LogP contribution in [-0.2, 0) is 9.59 Å². The highest BCUT2D eigenvalue weighted by Gasteiger charge is 2.17. The number of carbonyl (C=O) groups excluding carboxylic acids is 2. The smallest absolute Gasteiger partial charge is 0.239 e. The van der Waals surface area contributed by atoms with Gasteiger partial charge in [-0.1, -0.05) is 13.8 Å². The largest absolute Gasteiger partial charge is 0.489 e. The van der Waals surface area contributed by atoms with E-state index in [0.717, 1.165) is 0 Å². The van der Waals surface area contributed by atoms with Crippen molar-refractivity contribution in [3.8, 4) is 5.75 Å². The zero-order valence-corrected chi connectivity index (χ0v) is 13.6. The monoisotopic (exact) mass is 325 g/mol. The van der Waals surface area contributed by atoms with Gasteiger partial charge in [0.15, 0.2) is 0 Å². The Morgan fingerprint density at radius 2 is 1.78 bits per heavy atom. The molecule has 2 amide bonds. The number of ether oxygens (including phenoxy) is 1. The van der Waals surface area contributed by atoms with Gasteiger partial charge in [-0.25, -0.2) is 4.39 Å². The Morgan fingerprint density at radius 1 is 1.17 bits per heavy atom. The molecule has 1 aromatic carbocycles. The minimum atomic E-state index is -0.636. The molecule has 7 heteroatoms. The molecule has 0 radical (unpaired) electrons. The maximum Gasteiger partial charge on any atom is 0.239 e. The fraction of sp³-hybridized carbons (Fsp3) is 0.500. The summed E-state index contributed by atoms with van der Waals surface area (Å²) in [7, 11) is 0. The number of halogens is 1. The highest BCUT2D eigenvalue weighted by atomic mass is 19.1. The standard InChI is InChI=1S/C16H24FN3O3/c1-10(2)15(18)16(22)20-9-14(21)19-8-11(3)23-13-6-4-12(17)5-7-13/h4-7,10-11,15H,8-9,18H2,1-3H3,(H,19,21)(H,20,22)/t11?,15-/m0/s1. The third-order valence-corrected chi connectivity index (χ3v) is 3.18. The van der Waals surface area contributed by atoms with E-state index in [0.29, 0.717) is 5.75 Å². The van der Waals surface area contributed by atoms with Gasteiger partial charge in [0.25, 0.3) is 0 Å². The molecule has 0 heterocycles. The SMILES string of the molecule is CC(CNC(=O)CNC(=O)[C@@H](N)C(C)C)Oc1ccc(F)cc1. The Bertz CT molecular complexity index is 520. The van der Waals surface area contributed by atoms with E-state index in [-0.39, 0.29) is 42.7 Å². The molecule has 0 saturated carbocycles. The fourth-order valence-corrected chi connectivity index (χ4v) is 1.70. The van der Waals surface area contributed by atoms with Gasteiger partial charge in [0, 0.05) is 0 Å². The van der Waals surface area contributed by atoms with E-state index in [2.05, 4.69) is 10.6 Å². The fourth-order valence-electron chi connectivity index (χ4n) is 1.70. The third kappa shape index (κ3) is 7.10. The first-order valence-corrected chi connectivity index (χ1v) is 7.51. The summed E-state index contributed by atoms with van der Waals surface area (Å²) >= 11 is 0. The van der Waals surface area contributed by atoms with Crippen LogP contribution in [0.5, 0.6) is 5.75 Å². The highest BCUT2D eigenvalue weighted by molar-refractivity contribution is 5.87. The van der Waals surface area contributed by atoms with E-state index in [1.807, 2.05) is 13.8 Å². The van der Waals surface area contributed by atoms with Gasteiger partial charge >= 0.3 is 0 Å². The van der Waals surface area contributed by atoms with Gasteiger partial charge in [-0.15, -0.1) is 0 Å². The first kappa shape index (κ1) is 18.9. The molecule has 1 aromatic rings. The van der Waals surface area contributed by atoms with Crippen LogP contribution >= 0.6 is 0 Å². The molecule has 4 N–H and O–H groups in total. The van der Waals surface area contributed by atoms with Gasteiger partial charge in [0.05, 0.1) is 19.1 Å². The maximum atomic E-state index is 12.8. The molecule has 0 spiro atoms. The van der Waals surface area contributed by atoms with E-state index >= 15 is 0 Å². The normalized spacial score (nSPS) is 13.3. The van der Waals surface area contributed by atoms with Gasteiger partial charge in [0.2, 0.25) is 11.8 Å². The zero-order valence-electron chi connectivity index (χ0n) is 13.6. The van der Waals surface area contributed by atoms with Crippen molar-refractivity contribution in [1.29, 1.82) is 0 Å². The van der Waals surface area contributed by atoms with Crippen LogP contribution in [0, 0.1) is 11.7 Å². The number of rotatable bonds is 8. The van der Waals surface area contributed by atoms with E-state index in [9.17, 15) is 14.0 Å². The minimum Gasteiger partial charge on any atom is -0.489 e. The predicted molar refractivity (Wildman–Crippen MR) is 85.3 cm³/mol. The molecular weight excluding hydrogens is 301 g/mol. The van der Waals surface area contributed by atoms with Crippen LogP contribution in [0.2, 0.25) is 0 Å². The molecule has 0 aliphatic carbocycles. The van der Waals surface area contributed by atoms with Crippen molar-refractivity contribution in [3.63, 3.8) is 0 Å². The van der Waals surface area contributed by atoms with Crippen LogP contribution in [0.25, 0.3) is 0 Å². The number of carbonyl (C=O) groups is 2. The van der Waals surface area contributed by atoms with Gasteiger partial charge in [-0.05, 0) is 37.1 Å². The van der Waals surface area contributed by atoms with Gasteiger partial charge in [-0.2, -0.15) is 0 Å². The summed E-state index contributed by atoms with van der Waals surface area (Å²) in [4.78, 5) is 23.3. The quantitative estimate of drug-likeness (QED) is 0.659. The van der Waals surface area contributed by atoms with Crippen LogP contribution in [0.3, 0.4) is 0 Å². The van der Waals surface area contributed by atoms with Crippen molar-refractivity contribution >= 4 is 11.8 Å². The van der Waals surface area contributed by atoms with E-state index < -0.39 is 6.04 Å². The Kier molecular flexibility index (Phi) is 7.47. The second kappa shape index (κ2) is 9.09. The molecular formula is C16H24FN3O3. The van der Waals surface area contributed by atoms with Crippen LogP contribution in [0.15, 0.2) is 24.3 Å². The highest BCUT2D eigenvalue weighted by Crippen LogP contribution is 2.12. The summed E-state index contributed by atoms with van der Waals surface area (Å²) in [6, 6.07) is 4.99. The summed E-state index contributed by atoms with van der Waals surface area (Å²) < 4.78 is 18.3. The molecule has 0 bridgehead atoms. The maximum absolute atomic E-state index is 12.8. The molecule has 6 nitrogen and oxygen atoms in total. The Labute approximate surface area is 135 Å². The predicted octanol–water partition coefficient (Wildman–Crippen LogP) is 0.809. The van der Waals surface area contributed by atoms with Crippen LogP contribution in [-0.4, -0.2) is 37.0 Å². The van der Waals surface area contributed by atoms with Crippen molar-refractivity contribution in [3.05, 3.63) is 30.1 Å². The molecule has 128 valence electrons. The minimum absolute atomic E-state index is 0.00203. The molecule has 1 unspecified atom stereocenters. The Hall–Kier alpha value is -2.15. The van der Waals surface area contributed by atoms with Crippen molar-refractivity contribution < 1.29 is 18.7 Å². The summed E-state index contributed by atoms with van der Waals surface area (Å²) in [6.07, 6.45) is -0.293. The topological polar surface area (TPSA) is 93.5 Å². The van der Waals surface area contributed by atoms with Crippen LogP contribution in [0.1, 0.15) is 20.8 Å². The zero-order chi connectivity index (χ0) is 17.4. The van der Waals surface area contributed by atoms with Crippen molar-refractivity contribution in [2.24, 2.45) is 11.7 Å². The lowest BCUT2D eigenvalue weighted by Crippen LogP contribution is -2.47. The van der Waals surface area contributed by atoms with Gasteiger partial charge < -0.3 is 21.1 Å². The molecule has 0 aliphatic heterocycles. The molecule has 0 aliphatic rings. The van der Waals surface area contributed by atoms with Crippen molar-refractivity contribution in [2.75, 3.05) is 13.1 Å². The molecule has 1 rings (SSSR count). The number of nitrogens with one attached hydrogen (secondary N) is 2. The Morgan fingerprint density at radius 3 is 2.35 bits per heavy atom. The number of benzene rings is 1. The lowest BCUT2D eigenvalue weighted by atomic mass is 10.1. The Balaban J connectivity index is 2.27. The first-order valence-electron chi connectivity index (χ1n) is 7.51. The third-order valence-electron chi connectivity index (χ3n) is 3.18. The second-order valence-electron chi connectivity index (χ2n) is 5.67. The van der Waals surface area contributed by atoms with Crippen LogP contribution < -0.4 is 21.1 Å². The summed E-state index contributed by atoms with van der Waals surface area (Å²) in [5, 5.41) is 5.13.